The normalized spacial score (nSPS) is 21.3. The van der Waals surface area contributed by atoms with Crippen LogP contribution in [-0.4, -0.2) is 37.3 Å². The van der Waals surface area contributed by atoms with Crippen molar-refractivity contribution in [2.45, 2.75) is 44.6 Å². The van der Waals surface area contributed by atoms with Gasteiger partial charge in [-0.05, 0) is 43.9 Å². The molecule has 142 valence electrons. The lowest BCUT2D eigenvalue weighted by Crippen LogP contribution is -2.28. The molecule has 7 nitrogen and oxygen atoms in total. The summed E-state index contributed by atoms with van der Waals surface area (Å²) < 4.78 is 21.0. The van der Waals surface area contributed by atoms with Gasteiger partial charge in [-0.3, -0.25) is 4.57 Å². The first-order valence-corrected chi connectivity index (χ1v) is 9.11. The molecule has 3 atom stereocenters. The number of hydrogen-bond donors (Lipinski definition) is 2. The first-order chi connectivity index (χ1) is 13.2. The number of halogens is 1. The molecule has 1 aliphatic rings. The Morgan fingerprint density at radius 3 is 2.85 bits per heavy atom. The number of nitrogens with one attached hydrogen (secondary N) is 1. The van der Waals surface area contributed by atoms with Crippen LogP contribution in [0.2, 0.25) is 0 Å². The molecule has 1 saturated heterocycles. The minimum atomic E-state index is -0.261. The number of anilines is 1. The molecule has 1 aromatic carbocycles. The standard InChI is InChI=1S/C19H22FN5O2/c1-12(13-5-7-14(20)8-6-13)24-18-17-19(22-10-21-18)25(11-23-17)16-4-2-3-15(9-26)27-16/h5-8,10-12,15-16,26H,2-4,9H2,1H3,(H,21,22,24)/t12-,15+,16?/m1/s1. The third kappa shape index (κ3) is 3.63. The third-order valence-corrected chi connectivity index (χ3v) is 4.92. The highest BCUT2D eigenvalue weighted by Gasteiger charge is 2.25. The van der Waals surface area contributed by atoms with Crippen LogP contribution in [0.25, 0.3) is 11.2 Å². The van der Waals surface area contributed by atoms with Gasteiger partial charge in [0.2, 0.25) is 0 Å². The van der Waals surface area contributed by atoms with Crippen LogP contribution < -0.4 is 5.32 Å². The fraction of sp³-hybridized carbons (Fsp3) is 0.421. The van der Waals surface area contributed by atoms with Crippen LogP contribution in [0.1, 0.15) is 44.0 Å². The first kappa shape index (κ1) is 17.8. The van der Waals surface area contributed by atoms with Gasteiger partial charge in [0.15, 0.2) is 17.0 Å². The van der Waals surface area contributed by atoms with E-state index in [1.807, 2.05) is 11.5 Å². The van der Waals surface area contributed by atoms with Gasteiger partial charge in [-0.1, -0.05) is 12.1 Å². The second kappa shape index (κ2) is 7.58. The van der Waals surface area contributed by atoms with Gasteiger partial charge in [0.25, 0.3) is 0 Å². The average Bonchev–Trinajstić information content (AvgIpc) is 3.14. The van der Waals surface area contributed by atoms with Gasteiger partial charge in [-0.25, -0.2) is 19.3 Å². The van der Waals surface area contributed by atoms with E-state index < -0.39 is 0 Å². The van der Waals surface area contributed by atoms with Crippen molar-refractivity contribution in [3.63, 3.8) is 0 Å². The predicted octanol–water partition coefficient (Wildman–Crippen LogP) is 3.20. The number of hydrogen-bond acceptors (Lipinski definition) is 6. The Bertz CT molecular complexity index is 914. The molecule has 0 amide bonds. The third-order valence-electron chi connectivity index (χ3n) is 4.92. The topological polar surface area (TPSA) is 85.1 Å². The maximum Gasteiger partial charge on any atom is 0.167 e. The number of nitrogens with zero attached hydrogens (tertiary/aromatic N) is 4. The average molecular weight is 371 g/mol. The van der Waals surface area contributed by atoms with Crippen molar-refractivity contribution >= 4 is 17.0 Å². The number of fused-ring (bicyclic) bond motifs is 1. The quantitative estimate of drug-likeness (QED) is 0.716. The molecular formula is C19H22FN5O2. The van der Waals surface area contributed by atoms with Crippen LogP contribution in [0, 0.1) is 5.82 Å². The number of imidazole rings is 1. The van der Waals surface area contributed by atoms with Crippen molar-refractivity contribution in [2.75, 3.05) is 11.9 Å². The Kier molecular flexibility index (Phi) is 5.00. The van der Waals surface area contributed by atoms with E-state index in [-0.39, 0.29) is 30.8 Å². The van der Waals surface area contributed by atoms with E-state index in [2.05, 4.69) is 20.3 Å². The van der Waals surface area contributed by atoms with Crippen LogP contribution >= 0.6 is 0 Å². The van der Waals surface area contributed by atoms with E-state index in [0.717, 1.165) is 24.8 Å². The van der Waals surface area contributed by atoms with Crippen LogP contribution in [0.15, 0.2) is 36.9 Å². The fourth-order valence-corrected chi connectivity index (χ4v) is 3.43. The summed E-state index contributed by atoms with van der Waals surface area (Å²) >= 11 is 0. The van der Waals surface area contributed by atoms with Crippen molar-refractivity contribution < 1.29 is 14.2 Å². The molecule has 0 spiro atoms. The first-order valence-electron chi connectivity index (χ1n) is 9.11. The van der Waals surface area contributed by atoms with E-state index in [4.69, 9.17) is 4.74 Å². The van der Waals surface area contributed by atoms with Gasteiger partial charge in [0, 0.05) is 0 Å². The van der Waals surface area contributed by atoms with Crippen molar-refractivity contribution in [2.24, 2.45) is 0 Å². The minimum absolute atomic E-state index is 0.0140. The summed E-state index contributed by atoms with van der Waals surface area (Å²) in [5, 5.41) is 12.7. The summed E-state index contributed by atoms with van der Waals surface area (Å²) in [4.78, 5) is 13.2. The highest BCUT2D eigenvalue weighted by atomic mass is 19.1. The lowest BCUT2D eigenvalue weighted by Gasteiger charge is -2.29. The van der Waals surface area contributed by atoms with Gasteiger partial charge < -0.3 is 15.2 Å². The van der Waals surface area contributed by atoms with Gasteiger partial charge in [-0.2, -0.15) is 0 Å². The highest BCUT2D eigenvalue weighted by Crippen LogP contribution is 2.30. The summed E-state index contributed by atoms with van der Waals surface area (Å²) in [5.74, 6) is 0.355. The predicted molar refractivity (Wildman–Crippen MR) is 98.6 cm³/mol. The molecule has 4 rings (SSSR count). The Hall–Kier alpha value is -2.58. The molecule has 1 fully saturated rings. The Morgan fingerprint density at radius 1 is 1.26 bits per heavy atom. The maximum atomic E-state index is 13.1. The second-order valence-electron chi connectivity index (χ2n) is 6.79. The molecule has 3 heterocycles. The van der Waals surface area contributed by atoms with Crippen LogP contribution in [-0.2, 0) is 4.74 Å². The summed E-state index contributed by atoms with van der Waals surface area (Å²) in [6.45, 7) is 1.99. The number of aliphatic hydroxyl groups is 1. The fourth-order valence-electron chi connectivity index (χ4n) is 3.43. The summed E-state index contributed by atoms with van der Waals surface area (Å²) in [6.07, 6.45) is 5.53. The SMILES string of the molecule is C[C@@H](Nc1ncnc2c1ncn2C1CCC[C@@H](CO)O1)c1ccc(F)cc1. The molecule has 1 unspecified atom stereocenters. The summed E-state index contributed by atoms with van der Waals surface area (Å²) in [7, 11) is 0. The summed E-state index contributed by atoms with van der Waals surface area (Å²) in [6, 6.07) is 6.30. The van der Waals surface area contributed by atoms with Crippen LogP contribution in [0.5, 0.6) is 0 Å². The maximum absolute atomic E-state index is 13.1. The number of aliphatic hydroxyl groups excluding tert-OH is 1. The molecule has 2 aromatic heterocycles. The monoisotopic (exact) mass is 371 g/mol. The molecular weight excluding hydrogens is 349 g/mol. The number of benzene rings is 1. The van der Waals surface area contributed by atoms with Crippen molar-refractivity contribution in [3.8, 4) is 0 Å². The van der Waals surface area contributed by atoms with E-state index in [1.54, 1.807) is 18.5 Å². The second-order valence-corrected chi connectivity index (χ2v) is 6.79. The molecule has 0 aliphatic carbocycles. The zero-order valence-electron chi connectivity index (χ0n) is 15.0. The molecule has 27 heavy (non-hydrogen) atoms. The van der Waals surface area contributed by atoms with Gasteiger partial charge in [0.1, 0.15) is 18.4 Å². The molecule has 0 saturated carbocycles. The number of rotatable bonds is 5. The smallest absolute Gasteiger partial charge is 0.167 e. The van der Waals surface area contributed by atoms with Gasteiger partial charge in [-0.15, -0.1) is 0 Å². The van der Waals surface area contributed by atoms with Gasteiger partial charge in [0.05, 0.1) is 25.1 Å². The van der Waals surface area contributed by atoms with E-state index in [9.17, 15) is 9.50 Å². The van der Waals surface area contributed by atoms with Crippen LogP contribution in [0.4, 0.5) is 10.2 Å². The van der Waals surface area contributed by atoms with Gasteiger partial charge >= 0.3 is 0 Å². The van der Waals surface area contributed by atoms with Crippen LogP contribution in [0.3, 0.4) is 0 Å². The number of aromatic nitrogens is 4. The molecule has 0 bridgehead atoms. The lowest BCUT2D eigenvalue weighted by atomic mass is 10.1. The zero-order valence-corrected chi connectivity index (χ0v) is 15.0. The molecule has 2 N–H and O–H groups in total. The molecule has 1 aliphatic heterocycles. The summed E-state index contributed by atoms with van der Waals surface area (Å²) in [5.41, 5.74) is 2.28. The number of ether oxygens (including phenoxy) is 1. The Balaban J connectivity index is 1.59. The van der Waals surface area contributed by atoms with E-state index in [0.29, 0.717) is 17.0 Å². The minimum Gasteiger partial charge on any atom is -0.394 e. The molecule has 0 radical (unpaired) electrons. The molecule has 8 heteroatoms. The van der Waals surface area contributed by atoms with Crippen molar-refractivity contribution in [1.82, 2.24) is 19.5 Å². The van der Waals surface area contributed by atoms with E-state index in [1.165, 1.54) is 18.5 Å². The molecule has 3 aromatic rings. The zero-order chi connectivity index (χ0) is 18.8. The largest absolute Gasteiger partial charge is 0.394 e. The van der Waals surface area contributed by atoms with Crippen molar-refractivity contribution in [1.29, 1.82) is 0 Å². The van der Waals surface area contributed by atoms with E-state index >= 15 is 0 Å². The lowest BCUT2D eigenvalue weighted by molar-refractivity contribution is -0.105. The van der Waals surface area contributed by atoms with Crippen molar-refractivity contribution in [3.05, 3.63) is 48.3 Å². The Morgan fingerprint density at radius 2 is 2.07 bits per heavy atom. The highest BCUT2D eigenvalue weighted by molar-refractivity contribution is 5.82. The Labute approximate surface area is 156 Å².